The van der Waals surface area contributed by atoms with Gasteiger partial charge in [0.2, 0.25) is 5.95 Å². The van der Waals surface area contributed by atoms with E-state index in [0.717, 1.165) is 5.01 Å². The van der Waals surface area contributed by atoms with Crippen LogP contribution in [-0.4, -0.2) is 37.1 Å². The standard InChI is InChI=1S/C13H10N6O3/c20-11(12(21)22)19(9-4-2-1-3-5-9)18-13-14-6-8-7-15-17-10(8)16-13/h1-7H,(H,21,22)(H2,14,15,16,17,18). The summed E-state index contributed by atoms with van der Waals surface area (Å²) in [6.07, 6.45) is 3.05. The zero-order valence-corrected chi connectivity index (χ0v) is 11.1. The molecule has 1 aromatic carbocycles. The molecule has 2 heterocycles. The zero-order valence-electron chi connectivity index (χ0n) is 11.1. The van der Waals surface area contributed by atoms with Crippen LogP contribution >= 0.6 is 0 Å². The number of benzene rings is 1. The lowest BCUT2D eigenvalue weighted by atomic mass is 10.3. The van der Waals surface area contributed by atoms with E-state index in [4.69, 9.17) is 5.11 Å². The third kappa shape index (κ3) is 2.54. The first-order valence-electron chi connectivity index (χ1n) is 6.20. The molecule has 9 nitrogen and oxygen atoms in total. The van der Waals surface area contributed by atoms with E-state index in [0.29, 0.717) is 16.7 Å². The van der Waals surface area contributed by atoms with Crippen molar-refractivity contribution in [1.29, 1.82) is 0 Å². The van der Waals surface area contributed by atoms with Crippen LogP contribution in [0.4, 0.5) is 11.6 Å². The molecular weight excluding hydrogens is 288 g/mol. The minimum Gasteiger partial charge on any atom is -0.474 e. The monoisotopic (exact) mass is 298 g/mol. The number of rotatable bonds is 3. The van der Waals surface area contributed by atoms with E-state index >= 15 is 0 Å². The fraction of sp³-hybridized carbons (Fsp3) is 0. The Balaban J connectivity index is 1.95. The highest BCUT2D eigenvalue weighted by atomic mass is 16.4. The van der Waals surface area contributed by atoms with Gasteiger partial charge in [-0.2, -0.15) is 10.1 Å². The summed E-state index contributed by atoms with van der Waals surface area (Å²) in [4.78, 5) is 31.0. The van der Waals surface area contributed by atoms with Gasteiger partial charge in [-0.25, -0.2) is 14.8 Å². The second kappa shape index (κ2) is 5.48. The van der Waals surface area contributed by atoms with E-state index in [9.17, 15) is 9.59 Å². The number of H-pyrrole nitrogens is 1. The van der Waals surface area contributed by atoms with Crippen molar-refractivity contribution >= 4 is 34.5 Å². The van der Waals surface area contributed by atoms with Crippen LogP contribution in [0.15, 0.2) is 42.7 Å². The number of carboxylic acids is 1. The molecule has 1 amide bonds. The van der Waals surface area contributed by atoms with Crippen molar-refractivity contribution in [2.45, 2.75) is 0 Å². The van der Waals surface area contributed by atoms with Gasteiger partial charge in [-0.3, -0.25) is 15.3 Å². The number of aromatic nitrogens is 4. The van der Waals surface area contributed by atoms with Gasteiger partial charge in [0.15, 0.2) is 5.65 Å². The molecule has 110 valence electrons. The molecule has 0 spiro atoms. The van der Waals surface area contributed by atoms with Crippen molar-refractivity contribution in [2.24, 2.45) is 0 Å². The molecule has 0 aliphatic carbocycles. The molecule has 0 saturated heterocycles. The molecule has 2 aromatic heterocycles. The van der Waals surface area contributed by atoms with Crippen molar-refractivity contribution in [3.05, 3.63) is 42.7 Å². The number of nitrogens with one attached hydrogen (secondary N) is 2. The fourth-order valence-corrected chi connectivity index (χ4v) is 1.80. The summed E-state index contributed by atoms with van der Waals surface area (Å²) in [7, 11) is 0. The van der Waals surface area contributed by atoms with Crippen molar-refractivity contribution in [3.63, 3.8) is 0 Å². The van der Waals surface area contributed by atoms with Crippen LogP contribution in [0.5, 0.6) is 0 Å². The topological polar surface area (TPSA) is 124 Å². The number of anilines is 2. The maximum atomic E-state index is 11.8. The normalized spacial score (nSPS) is 10.4. The van der Waals surface area contributed by atoms with E-state index in [-0.39, 0.29) is 5.95 Å². The first-order valence-corrected chi connectivity index (χ1v) is 6.20. The second-order valence-corrected chi connectivity index (χ2v) is 4.26. The van der Waals surface area contributed by atoms with Gasteiger partial charge in [0.1, 0.15) is 0 Å². The van der Waals surface area contributed by atoms with Crippen molar-refractivity contribution < 1.29 is 14.7 Å². The van der Waals surface area contributed by atoms with Crippen molar-refractivity contribution in [2.75, 3.05) is 10.4 Å². The number of carbonyl (C=O) groups excluding carboxylic acids is 1. The maximum Gasteiger partial charge on any atom is 0.396 e. The van der Waals surface area contributed by atoms with Gasteiger partial charge >= 0.3 is 11.9 Å². The first-order chi connectivity index (χ1) is 10.6. The van der Waals surface area contributed by atoms with Crippen LogP contribution in [-0.2, 0) is 9.59 Å². The summed E-state index contributed by atoms with van der Waals surface area (Å²) in [5, 5.41) is 17.0. The average molecular weight is 298 g/mol. The number of hydrazine groups is 1. The van der Waals surface area contributed by atoms with Crippen LogP contribution in [0.25, 0.3) is 11.0 Å². The molecule has 0 radical (unpaired) electrons. The Labute approximate surface area is 123 Å². The van der Waals surface area contributed by atoms with Gasteiger partial charge in [-0.05, 0) is 12.1 Å². The summed E-state index contributed by atoms with van der Waals surface area (Å²) in [5.74, 6) is -2.69. The molecule has 0 aliphatic heterocycles. The Morgan fingerprint density at radius 2 is 1.95 bits per heavy atom. The number of amides is 1. The molecule has 0 atom stereocenters. The summed E-state index contributed by atoms with van der Waals surface area (Å²) in [6.45, 7) is 0. The van der Waals surface area contributed by atoms with Crippen LogP contribution in [0.3, 0.4) is 0 Å². The molecule has 0 unspecified atom stereocenters. The van der Waals surface area contributed by atoms with Gasteiger partial charge < -0.3 is 5.11 Å². The highest BCUT2D eigenvalue weighted by molar-refractivity contribution is 6.37. The molecule has 0 aliphatic rings. The van der Waals surface area contributed by atoms with Crippen LogP contribution < -0.4 is 10.4 Å². The molecule has 3 N–H and O–H groups in total. The number of fused-ring (bicyclic) bond motifs is 1. The number of nitrogens with zero attached hydrogens (tertiary/aromatic N) is 4. The predicted molar refractivity (Wildman–Crippen MR) is 76.9 cm³/mol. The summed E-state index contributed by atoms with van der Waals surface area (Å²) < 4.78 is 0. The smallest absolute Gasteiger partial charge is 0.396 e. The summed E-state index contributed by atoms with van der Waals surface area (Å²) in [5.41, 5.74) is 3.41. The number of carboxylic acid groups (broad SMARTS) is 1. The molecule has 9 heteroatoms. The number of aliphatic carboxylic acids is 1. The number of aromatic amines is 1. The lowest BCUT2D eigenvalue weighted by molar-refractivity contribution is -0.148. The van der Waals surface area contributed by atoms with Crippen LogP contribution in [0.1, 0.15) is 0 Å². The molecule has 0 saturated carbocycles. The minimum absolute atomic E-state index is 0.0650. The Kier molecular flexibility index (Phi) is 3.36. The Morgan fingerprint density at radius 1 is 1.18 bits per heavy atom. The third-order valence-corrected chi connectivity index (χ3v) is 2.80. The number of hydrogen-bond acceptors (Lipinski definition) is 6. The highest BCUT2D eigenvalue weighted by Crippen LogP contribution is 2.15. The largest absolute Gasteiger partial charge is 0.474 e. The Morgan fingerprint density at radius 3 is 2.68 bits per heavy atom. The summed E-state index contributed by atoms with van der Waals surface area (Å²) >= 11 is 0. The molecule has 22 heavy (non-hydrogen) atoms. The predicted octanol–water partition coefficient (Wildman–Crippen LogP) is 0.798. The zero-order chi connectivity index (χ0) is 15.5. The lowest BCUT2D eigenvalue weighted by Gasteiger charge is -2.21. The van der Waals surface area contributed by atoms with Gasteiger partial charge in [-0.1, -0.05) is 18.2 Å². The maximum absolute atomic E-state index is 11.8. The van der Waals surface area contributed by atoms with E-state index in [1.54, 1.807) is 36.5 Å². The van der Waals surface area contributed by atoms with Gasteiger partial charge in [0.25, 0.3) is 0 Å². The molecule has 3 rings (SSSR count). The molecule has 3 aromatic rings. The van der Waals surface area contributed by atoms with Crippen molar-refractivity contribution in [1.82, 2.24) is 20.2 Å². The van der Waals surface area contributed by atoms with Crippen LogP contribution in [0, 0.1) is 0 Å². The number of hydrogen-bond donors (Lipinski definition) is 3. The highest BCUT2D eigenvalue weighted by Gasteiger charge is 2.23. The lowest BCUT2D eigenvalue weighted by Crippen LogP contribution is -2.41. The van der Waals surface area contributed by atoms with Crippen molar-refractivity contribution in [3.8, 4) is 0 Å². The Bertz CT molecular complexity index is 832. The van der Waals surface area contributed by atoms with Gasteiger partial charge in [0.05, 0.1) is 17.3 Å². The number of para-hydroxylation sites is 1. The van der Waals surface area contributed by atoms with Crippen LogP contribution in [0.2, 0.25) is 0 Å². The second-order valence-electron chi connectivity index (χ2n) is 4.26. The van der Waals surface area contributed by atoms with E-state index in [2.05, 4.69) is 25.6 Å². The molecule has 0 fully saturated rings. The van der Waals surface area contributed by atoms with E-state index in [1.165, 1.54) is 6.20 Å². The Hall–Kier alpha value is -3.49. The first kappa shape index (κ1) is 13.5. The van der Waals surface area contributed by atoms with E-state index < -0.39 is 11.9 Å². The SMILES string of the molecule is O=C(O)C(=O)N(Nc1ncc2cn[nH]c2n1)c1ccccc1. The number of carbonyl (C=O) groups is 2. The average Bonchev–Trinajstić information content (AvgIpc) is 3.00. The van der Waals surface area contributed by atoms with Gasteiger partial charge in [-0.15, -0.1) is 0 Å². The summed E-state index contributed by atoms with van der Waals surface area (Å²) in [6, 6.07) is 8.28. The molecule has 0 bridgehead atoms. The quantitative estimate of drug-likeness (QED) is 0.482. The molecular formula is C13H10N6O3. The van der Waals surface area contributed by atoms with Gasteiger partial charge in [0, 0.05) is 6.20 Å². The third-order valence-electron chi connectivity index (χ3n) is 2.80. The minimum atomic E-state index is -1.60. The van der Waals surface area contributed by atoms with E-state index in [1.807, 2.05) is 0 Å². The fourth-order valence-electron chi connectivity index (χ4n) is 1.80.